The van der Waals surface area contributed by atoms with Gasteiger partial charge in [-0.25, -0.2) is 0 Å². The minimum atomic E-state index is -2.11. The maximum atomic E-state index is 11.1. The highest BCUT2D eigenvalue weighted by atomic mass is 16.6. The first-order chi connectivity index (χ1) is 5.54. The van der Waals surface area contributed by atoms with Crippen molar-refractivity contribution in [1.29, 1.82) is 0 Å². The molecule has 0 fully saturated rings. The molecule has 0 aliphatic carbocycles. The zero-order valence-electron chi connectivity index (χ0n) is 9.34. The average Bonchev–Trinajstić information content (AvgIpc) is 1.79. The van der Waals surface area contributed by atoms with Gasteiger partial charge in [0.05, 0.1) is 13.8 Å². The van der Waals surface area contributed by atoms with Crippen LogP contribution in [0.25, 0.3) is 0 Å². The maximum Gasteiger partial charge on any atom is 0.308 e. The molecule has 11 heavy (non-hydrogen) atoms. The minimum absolute atomic E-state index is 0.693. The van der Waals surface area contributed by atoms with Crippen LogP contribution in [0.5, 0.6) is 0 Å². The van der Waals surface area contributed by atoms with Crippen molar-refractivity contribution in [3.05, 3.63) is 0 Å². The largest absolute Gasteiger partial charge is 0.460 e. The van der Waals surface area contributed by atoms with Gasteiger partial charge in [-0.3, -0.25) is 4.79 Å². The molecule has 0 aliphatic rings. The van der Waals surface area contributed by atoms with Crippen molar-refractivity contribution in [3.63, 3.8) is 0 Å². The Morgan fingerprint density at radius 1 is 1.82 bits per heavy atom. The molecular formula is C8H16O3. The summed E-state index contributed by atoms with van der Waals surface area (Å²) in [6.07, 6.45) is -3.70. The lowest BCUT2D eigenvalue weighted by atomic mass is 10.2. The van der Waals surface area contributed by atoms with Crippen LogP contribution < -0.4 is 0 Å². The van der Waals surface area contributed by atoms with Gasteiger partial charge in [-0.1, -0.05) is 0 Å². The van der Waals surface area contributed by atoms with Gasteiger partial charge in [0.2, 0.25) is 0 Å². The first kappa shape index (κ1) is 7.10. The molecule has 0 amide bonds. The molecule has 0 radical (unpaired) electrons. The molecule has 66 valence electrons. The van der Waals surface area contributed by atoms with Crippen molar-refractivity contribution < 1.29 is 17.4 Å². The van der Waals surface area contributed by atoms with Crippen molar-refractivity contribution in [3.8, 4) is 0 Å². The van der Waals surface area contributed by atoms with Crippen molar-refractivity contribution in [1.82, 2.24) is 0 Å². The molecule has 0 saturated carbocycles. The van der Waals surface area contributed by atoms with Crippen LogP contribution in [0.4, 0.5) is 0 Å². The first-order valence-corrected chi connectivity index (χ1v) is 3.41. The summed E-state index contributed by atoms with van der Waals surface area (Å²) in [6.45, 7) is 6.07. The third-order valence-corrected chi connectivity index (χ3v) is 0.734. The summed E-state index contributed by atoms with van der Waals surface area (Å²) in [6, 6.07) is 0. The van der Waals surface area contributed by atoms with Crippen LogP contribution in [0.3, 0.4) is 0 Å². The molecule has 0 aromatic carbocycles. The Labute approximate surface area is 70.2 Å². The fourth-order valence-corrected chi connectivity index (χ4v) is 0.502. The predicted octanol–water partition coefficient (Wildman–Crippen LogP) is 1.10. The molecule has 3 heteroatoms. The van der Waals surface area contributed by atoms with E-state index < -0.39 is 24.0 Å². The van der Waals surface area contributed by atoms with Crippen molar-refractivity contribution in [2.24, 2.45) is 0 Å². The highest BCUT2D eigenvalue weighted by Crippen LogP contribution is 2.08. The molecule has 0 unspecified atom stereocenters. The molecule has 0 aromatic rings. The Bertz CT molecular complexity index is 191. The summed E-state index contributed by atoms with van der Waals surface area (Å²) in [5, 5.41) is 9.03. The van der Waals surface area contributed by atoms with E-state index in [1.807, 2.05) is 0 Å². The van der Waals surface area contributed by atoms with Crippen LogP contribution in [-0.4, -0.2) is 22.8 Å². The SMILES string of the molecule is [2H][C@@H](C(=O)OC(C)(C)C)[C@@]([2H])(C)O. The monoisotopic (exact) mass is 162 g/mol. The van der Waals surface area contributed by atoms with E-state index in [2.05, 4.69) is 0 Å². The van der Waals surface area contributed by atoms with Crippen molar-refractivity contribution >= 4 is 5.97 Å². The normalized spacial score (nSPS) is 22.6. The molecule has 1 N–H and O–H groups in total. The topological polar surface area (TPSA) is 46.5 Å². The van der Waals surface area contributed by atoms with Crippen molar-refractivity contribution in [2.75, 3.05) is 0 Å². The Morgan fingerprint density at radius 2 is 2.27 bits per heavy atom. The molecule has 0 heterocycles. The van der Waals surface area contributed by atoms with Crippen LogP contribution in [0.2, 0.25) is 0 Å². The zero-order chi connectivity index (χ0) is 10.9. The molecule has 2 atom stereocenters. The summed E-state index contributed by atoms with van der Waals surface area (Å²) in [4.78, 5) is 11.1. The molecule has 0 saturated heterocycles. The Balaban J connectivity index is 4.30. The highest BCUT2D eigenvalue weighted by Gasteiger charge is 2.17. The fraction of sp³-hybridized carbons (Fsp3) is 0.875. The van der Waals surface area contributed by atoms with Crippen LogP contribution in [0, 0.1) is 0 Å². The maximum absolute atomic E-state index is 11.1. The smallest absolute Gasteiger partial charge is 0.308 e. The van der Waals surface area contributed by atoms with E-state index in [0.717, 1.165) is 6.92 Å². The Kier molecular flexibility index (Phi) is 2.40. The Hall–Kier alpha value is -0.570. The summed E-state index contributed by atoms with van der Waals surface area (Å²) in [7, 11) is 0. The predicted molar refractivity (Wildman–Crippen MR) is 42.1 cm³/mol. The average molecular weight is 162 g/mol. The van der Waals surface area contributed by atoms with Gasteiger partial charge in [-0.15, -0.1) is 0 Å². The standard InChI is InChI=1S/C8H16O3/c1-6(9)5-7(10)11-8(2,3)4/h6,9H,5H2,1-4H3/t6-/m1/s1/i5D,6D/t5-,6-. The summed E-state index contributed by atoms with van der Waals surface area (Å²) in [5.74, 6) is -0.882. The molecule has 0 aliphatic heterocycles. The zero-order valence-corrected chi connectivity index (χ0v) is 7.34. The first-order valence-electron chi connectivity index (χ1n) is 4.49. The van der Waals surface area contributed by atoms with Gasteiger partial charge < -0.3 is 9.84 Å². The second-order valence-corrected chi connectivity index (χ2v) is 3.32. The summed E-state index contributed by atoms with van der Waals surface area (Å²) in [5.41, 5.74) is -0.693. The Morgan fingerprint density at radius 3 is 2.55 bits per heavy atom. The number of ether oxygens (including phenoxy) is 1. The number of esters is 1. The number of hydrogen-bond donors (Lipinski definition) is 1. The number of rotatable bonds is 2. The van der Waals surface area contributed by atoms with E-state index in [-0.39, 0.29) is 0 Å². The summed E-state index contributed by atoms with van der Waals surface area (Å²) >= 11 is 0. The number of aliphatic hydroxyl groups is 1. The minimum Gasteiger partial charge on any atom is -0.460 e. The third kappa shape index (κ3) is 7.33. The molecular weight excluding hydrogens is 144 g/mol. The second kappa shape index (κ2) is 3.72. The number of hydrogen-bond acceptors (Lipinski definition) is 3. The fourth-order valence-electron chi connectivity index (χ4n) is 0.502. The van der Waals surface area contributed by atoms with E-state index in [9.17, 15) is 4.79 Å². The lowest BCUT2D eigenvalue weighted by molar-refractivity contribution is -0.156. The molecule has 0 rings (SSSR count). The van der Waals surface area contributed by atoms with Gasteiger partial charge in [0.15, 0.2) is 0 Å². The van der Waals surface area contributed by atoms with E-state index in [0.29, 0.717) is 0 Å². The van der Waals surface area contributed by atoms with Crippen LogP contribution in [0.15, 0.2) is 0 Å². The van der Waals surface area contributed by atoms with Gasteiger partial charge >= 0.3 is 5.97 Å². The van der Waals surface area contributed by atoms with Crippen LogP contribution in [-0.2, 0) is 9.53 Å². The van der Waals surface area contributed by atoms with Crippen molar-refractivity contribution in [2.45, 2.75) is 45.8 Å². The summed E-state index contributed by atoms with van der Waals surface area (Å²) < 4.78 is 19.1. The molecule has 0 aromatic heterocycles. The lowest BCUT2D eigenvalue weighted by Gasteiger charge is -2.19. The highest BCUT2D eigenvalue weighted by molar-refractivity contribution is 5.70. The second-order valence-electron chi connectivity index (χ2n) is 3.32. The van der Waals surface area contributed by atoms with E-state index in [1.165, 1.54) is 0 Å². The van der Waals surface area contributed by atoms with Gasteiger partial charge in [0.25, 0.3) is 0 Å². The third-order valence-electron chi connectivity index (χ3n) is 0.734. The van der Waals surface area contributed by atoms with E-state index in [1.54, 1.807) is 20.8 Å². The van der Waals surface area contributed by atoms with E-state index >= 15 is 0 Å². The number of carbonyl (C=O) groups excluding carboxylic acids is 1. The van der Waals surface area contributed by atoms with Crippen LogP contribution >= 0.6 is 0 Å². The quantitative estimate of drug-likeness (QED) is 0.618. The van der Waals surface area contributed by atoms with Gasteiger partial charge in [0, 0.05) is 1.37 Å². The van der Waals surface area contributed by atoms with Gasteiger partial charge in [-0.05, 0) is 27.7 Å². The molecule has 0 spiro atoms. The molecule has 3 nitrogen and oxygen atoms in total. The number of carbonyl (C=O) groups is 1. The molecule has 0 bridgehead atoms. The van der Waals surface area contributed by atoms with Gasteiger partial charge in [0.1, 0.15) is 5.60 Å². The van der Waals surface area contributed by atoms with Crippen LogP contribution in [0.1, 0.15) is 36.8 Å². The lowest BCUT2D eigenvalue weighted by Crippen LogP contribution is -2.25. The van der Waals surface area contributed by atoms with Gasteiger partial charge in [-0.2, -0.15) is 0 Å². The van der Waals surface area contributed by atoms with E-state index in [4.69, 9.17) is 12.6 Å².